The highest BCUT2D eigenvalue weighted by Crippen LogP contribution is 2.30. The van der Waals surface area contributed by atoms with Crippen molar-refractivity contribution in [1.82, 2.24) is 4.98 Å². The number of nitrogens with zero attached hydrogens (tertiary/aromatic N) is 2. The van der Waals surface area contributed by atoms with Gasteiger partial charge in [-0.25, -0.2) is 9.37 Å². The number of benzene rings is 1. The fraction of sp³-hybridized carbons (Fsp3) is 0.200. The minimum atomic E-state index is -4.66. The van der Waals surface area contributed by atoms with Crippen LogP contribution in [-0.2, 0) is 6.18 Å². The third kappa shape index (κ3) is 3.96. The van der Waals surface area contributed by atoms with E-state index in [1.807, 2.05) is 0 Å². The van der Waals surface area contributed by atoms with Crippen molar-refractivity contribution in [2.45, 2.75) is 12.2 Å². The van der Waals surface area contributed by atoms with E-state index in [1.165, 1.54) is 12.1 Å². The van der Waals surface area contributed by atoms with Crippen LogP contribution in [0.4, 0.5) is 23.4 Å². The molecule has 0 radical (unpaired) electrons. The van der Waals surface area contributed by atoms with E-state index in [4.69, 9.17) is 5.26 Å². The zero-order valence-electron chi connectivity index (χ0n) is 11.6. The van der Waals surface area contributed by atoms with Crippen molar-refractivity contribution in [3.63, 3.8) is 0 Å². The van der Waals surface area contributed by atoms with Gasteiger partial charge in [-0.05, 0) is 29.8 Å². The van der Waals surface area contributed by atoms with Crippen molar-refractivity contribution >= 4 is 5.82 Å². The maximum Gasteiger partial charge on any atom is 0.433 e. The van der Waals surface area contributed by atoms with Crippen molar-refractivity contribution in [3.8, 4) is 6.07 Å². The second-order valence-electron chi connectivity index (χ2n) is 4.63. The number of rotatable bonds is 4. The van der Waals surface area contributed by atoms with E-state index >= 15 is 0 Å². The van der Waals surface area contributed by atoms with E-state index < -0.39 is 30.3 Å². The molecule has 0 aliphatic rings. The molecule has 0 saturated carbocycles. The molecular formula is C15H11F4N3O. The van der Waals surface area contributed by atoms with Crippen LogP contribution in [0.15, 0.2) is 36.4 Å². The van der Waals surface area contributed by atoms with Gasteiger partial charge in [-0.15, -0.1) is 0 Å². The SMILES string of the molecule is N#Cc1ccc(C(F)(F)F)nc1N[C@H](CO)c1ccc(F)cc1. The van der Waals surface area contributed by atoms with Gasteiger partial charge >= 0.3 is 6.18 Å². The van der Waals surface area contributed by atoms with Crippen LogP contribution in [0.3, 0.4) is 0 Å². The van der Waals surface area contributed by atoms with Crippen molar-refractivity contribution < 1.29 is 22.7 Å². The molecule has 0 spiro atoms. The maximum absolute atomic E-state index is 12.9. The Kier molecular flexibility index (Phi) is 4.81. The summed E-state index contributed by atoms with van der Waals surface area (Å²) >= 11 is 0. The molecule has 0 bridgehead atoms. The normalized spacial score (nSPS) is 12.5. The molecular weight excluding hydrogens is 314 g/mol. The molecule has 1 aromatic carbocycles. The summed E-state index contributed by atoms with van der Waals surface area (Å²) in [6.07, 6.45) is -4.66. The molecule has 4 nitrogen and oxygen atoms in total. The molecule has 8 heteroatoms. The largest absolute Gasteiger partial charge is 0.433 e. The molecule has 0 saturated heterocycles. The molecule has 2 rings (SSSR count). The lowest BCUT2D eigenvalue weighted by molar-refractivity contribution is -0.141. The number of aromatic nitrogens is 1. The Bertz CT molecular complexity index is 723. The number of halogens is 4. The number of alkyl halides is 3. The zero-order chi connectivity index (χ0) is 17.0. The van der Waals surface area contributed by atoms with Gasteiger partial charge in [-0.2, -0.15) is 18.4 Å². The lowest BCUT2D eigenvalue weighted by Gasteiger charge is -2.19. The monoisotopic (exact) mass is 325 g/mol. The molecule has 2 aromatic rings. The summed E-state index contributed by atoms with van der Waals surface area (Å²) in [5.41, 5.74) is -0.814. The molecule has 0 aliphatic heterocycles. The van der Waals surface area contributed by atoms with E-state index in [-0.39, 0.29) is 11.4 Å². The van der Waals surface area contributed by atoms with E-state index in [9.17, 15) is 22.7 Å². The van der Waals surface area contributed by atoms with Crippen LogP contribution in [0, 0.1) is 17.1 Å². The van der Waals surface area contributed by atoms with Gasteiger partial charge in [0.25, 0.3) is 0 Å². The van der Waals surface area contributed by atoms with Gasteiger partial charge in [0.1, 0.15) is 23.4 Å². The number of nitriles is 1. The topological polar surface area (TPSA) is 68.9 Å². The Morgan fingerprint density at radius 1 is 1.17 bits per heavy atom. The van der Waals surface area contributed by atoms with Crippen molar-refractivity contribution in [2.24, 2.45) is 0 Å². The summed E-state index contributed by atoms with van der Waals surface area (Å²) in [7, 11) is 0. The lowest BCUT2D eigenvalue weighted by Crippen LogP contribution is -2.18. The Labute approximate surface area is 129 Å². The number of aliphatic hydroxyl groups is 1. The summed E-state index contributed by atoms with van der Waals surface area (Å²) < 4.78 is 51.1. The molecule has 0 unspecified atom stereocenters. The molecule has 23 heavy (non-hydrogen) atoms. The average molecular weight is 325 g/mol. The van der Waals surface area contributed by atoms with Crippen molar-refractivity contribution in [2.75, 3.05) is 11.9 Å². The fourth-order valence-corrected chi connectivity index (χ4v) is 1.91. The number of aliphatic hydroxyl groups excluding tert-OH is 1. The summed E-state index contributed by atoms with van der Waals surface area (Å²) in [6, 6.07) is 7.67. The van der Waals surface area contributed by atoms with Crippen LogP contribution >= 0.6 is 0 Å². The molecule has 1 heterocycles. The highest BCUT2D eigenvalue weighted by atomic mass is 19.4. The Morgan fingerprint density at radius 3 is 2.35 bits per heavy atom. The zero-order valence-corrected chi connectivity index (χ0v) is 11.6. The van der Waals surface area contributed by atoms with Gasteiger partial charge in [0.2, 0.25) is 0 Å². The molecule has 1 atom stereocenters. The van der Waals surface area contributed by atoms with E-state index in [1.54, 1.807) is 6.07 Å². The van der Waals surface area contributed by atoms with Gasteiger partial charge in [0.15, 0.2) is 0 Å². The first-order chi connectivity index (χ1) is 10.8. The minimum Gasteiger partial charge on any atom is -0.394 e. The fourth-order valence-electron chi connectivity index (χ4n) is 1.91. The number of hydrogen-bond acceptors (Lipinski definition) is 4. The second kappa shape index (κ2) is 6.62. The number of anilines is 1. The van der Waals surface area contributed by atoms with E-state index in [0.29, 0.717) is 11.6 Å². The van der Waals surface area contributed by atoms with Gasteiger partial charge in [-0.3, -0.25) is 0 Å². The van der Waals surface area contributed by atoms with Gasteiger partial charge in [-0.1, -0.05) is 12.1 Å². The number of nitrogens with one attached hydrogen (secondary N) is 1. The summed E-state index contributed by atoms with van der Waals surface area (Å²) in [6.45, 7) is -0.478. The predicted molar refractivity (Wildman–Crippen MR) is 73.8 cm³/mol. The highest BCUT2D eigenvalue weighted by Gasteiger charge is 2.33. The molecule has 120 valence electrons. The highest BCUT2D eigenvalue weighted by molar-refractivity contribution is 5.54. The standard InChI is InChI=1S/C15H11F4N3O/c16-11-4-1-9(2-5-11)12(8-23)21-14-10(7-20)3-6-13(22-14)15(17,18)19/h1-6,12,23H,8H2,(H,21,22)/t12-/m1/s1. The molecule has 0 aliphatic carbocycles. The molecule has 2 N–H and O–H groups in total. The average Bonchev–Trinajstić information content (AvgIpc) is 2.52. The van der Waals surface area contributed by atoms with Crippen LogP contribution in [0.25, 0.3) is 0 Å². The van der Waals surface area contributed by atoms with E-state index in [2.05, 4.69) is 10.3 Å². The van der Waals surface area contributed by atoms with Crippen molar-refractivity contribution in [3.05, 3.63) is 59.0 Å². The Morgan fingerprint density at radius 2 is 1.83 bits per heavy atom. The number of pyridine rings is 1. The van der Waals surface area contributed by atoms with Crippen LogP contribution in [0.2, 0.25) is 0 Å². The van der Waals surface area contributed by atoms with Gasteiger partial charge in [0, 0.05) is 0 Å². The first kappa shape index (κ1) is 16.7. The first-order valence-corrected chi connectivity index (χ1v) is 6.46. The third-order valence-corrected chi connectivity index (χ3v) is 3.07. The summed E-state index contributed by atoms with van der Waals surface area (Å²) in [5.74, 6) is -0.786. The van der Waals surface area contributed by atoms with Crippen LogP contribution in [0.1, 0.15) is 22.9 Å². The molecule has 0 fully saturated rings. The third-order valence-electron chi connectivity index (χ3n) is 3.07. The summed E-state index contributed by atoms with van der Waals surface area (Å²) in [4.78, 5) is 3.40. The van der Waals surface area contributed by atoms with Gasteiger partial charge < -0.3 is 10.4 Å². The van der Waals surface area contributed by atoms with Crippen LogP contribution in [-0.4, -0.2) is 16.7 Å². The quantitative estimate of drug-likeness (QED) is 0.847. The van der Waals surface area contributed by atoms with E-state index in [0.717, 1.165) is 18.2 Å². The second-order valence-corrected chi connectivity index (χ2v) is 4.63. The predicted octanol–water partition coefficient (Wildman–Crippen LogP) is 3.26. The van der Waals surface area contributed by atoms with Crippen LogP contribution < -0.4 is 5.32 Å². The molecule has 1 aromatic heterocycles. The lowest BCUT2D eigenvalue weighted by atomic mass is 10.1. The van der Waals surface area contributed by atoms with Gasteiger partial charge in [0.05, 0.1) is 18.2 Å². The van der Waals surface area contributed by atoms with Crippen LogP contribution in [0.5, 0.6) is 0 Å². The molecule has 0 amide bonds. The Balaban J connectivity index is 2.36. The first-order valence-electron chi connectivity index (χ1n) is 6.46. The summed E-state index contributed by atoms with van der Waals surface area (Å²) in [5, 5.41) is 21.0. The van der Waals surface area contributed by atoms with Crippen molar-refractivity contribution in [1.29, 1.82) is 5.26 Å². The Hall–Kier alpha value is -2.66. The maximum atomic E-state index is 12.9. The minimum absolute atomic E-state index is 0.0986. The smallest absolute Gasteiger partial charge is 0.394 e. The number of hydrogen-bond donors (Lipinski definition) is 2.